The Labute approximate surface area is 123 Å². The molecule has 1 aromatic heterocycles. The average molecular weight is 302 g/mol. The van der Waals surface area contributed by atoms with Crippen LogP contribution in [-0.2, 0) is 9.47 Å². The van der Waals surface area contributed by atoms with Crippen molar-refractivity contribution >= 4 is 23.5 Å². The molecule has 0 N–H and O–H groups in total. The fourth-order valence-electron chi connectivity index (χ4n) is 1.85. The molecule has 0 aliphatic carbocycles. The fraction of sp³-hybridized carbons (Fsp3) is 0.750. The lowest BCUT2D eigenvalue weighted by Gasteiger charge is -2.27. The average Bonchev–Trinajstić information content (AvgIpc) is 2.47. The van der Waals surface area contributed by atoms with Gasteiger partial charge in [-0.3, -0.25) is 0 Å². The summed E-state index contributed by atoms with van der Waals surface area (Å²) in [7, 11) is 1.91. The van der Waals surface area contributed by atoms with Gasteiger partial charge < -0.3 is 19.3 Å². The van der Waals surface area contributed by atoms with Crippen LogP contribution in [0.3, 0.4) is 0 Å². The lowest BCUT2D eigenvalue weighted by Crippen LogP contribution is -2.38. The molecule has 0 radical (unpaired) electrons. The molecule has 7 nitrogen and oxygen atoms in total. The van der Waals surface area contributed by atoms with E-state index in [0.29, 0.717) is 44.9 Å². The van der Waals surface area contributed by atoms with E-state index in [9.17, 15) is 0 Å². The summed E-state index contributed by atoms with van der Waals surface area (Å²) in [5, 5.41) is 0.208. The van der Waals surface area contributed by atoms with Gasteiger partial charge in [-0.25, -0.2) is 0 Å². The van der Waals surface area contributed by atoms with Gasteiger partial charge in [0.1, 0.15) is 0 Å². The zero-order valence-electron chi connectivity index (χ0n) is 11.9. The maximum Gasteiger partial charge on any atom is 0.231 e. The second kappa shape index (κ2) is 7.56. The molecule has 1 aliphatic rings. The third-order valence-electron chi connectivity index (χ3n) is 3.00. The van der Waals surface area contributed by atoms with E-state index in [1.807, 2.05) is 18.9 Å². The summed E-state index contributed by atoms with van der Waals surface area (Å²) in [6.45, 7) is 6.89. The maximum atomic E-state index is 6.00. The Kier molecular flexibility index (Phi) is 5.75. The Hall–Kier alpha value is -1.18. The van der Waals surface area contributed by atoms with Gasteiger partial charge in [-0.2, -0.15) is 15.0 Å². The topological polar surface area (TPSA) is 63.6 Å². The van der Waals surface area contributed by atoms with Gasteiger partial charge in [0.05, 0.1) is 19.8 Å². The molecule has 20 heavy (non-hydrogen) atoms. The smallest absolute Gasteiger partial charge is 0.231 e. The highest BCUT2D eigenvalue weighted by molar-refractivity contribution is 6.28. The van der Waals surface area contributed by atoms with E-state index in [2.05, 4.69) is 19.9 Å². The van der Waals surface area contributed by atoms with Gasteiger partial charge in [0.25, 0.3) is 0 Å². The molecule has 0 saturated carbocycles. The normalized spacial score (nSPS) is 15.4. The number of aromatic nitrogens is 3. The minimum absolute atomic E-state index is 0.208. The number of nitrogens with zero attached hydrogens (tertiary/aromatic N) is 5. The number of ether oxygens (including phenoxy) is 2. The minimum Gasteiger partial charge on any atom is -0.380 e. The van der Waals surface area contributed by atoms with E-state index in [-0.39, 0.29) is 5.28 Å². The molecule has 0 amide bonds. The predicted molar refractivity (Wildman–Crippen MR) is 77.6 cm³/mol. The highest BCUT2D eigenvalue weighted by Crippen LogP contribution is 2.16. The van der Waals surface area contributed by atoms with Crippen molar-refractivity contribution in [3.05, 3.63) is 5.28 Å². The van der Waals surface area contributed by atoms with Crippen LogP contribution in [0.4, 0.5) is 11.9 Å². The van der Waals surface area contributed by atoms with Crippen LogP contribution in [0.2, 0.25) is 5.28 Å². The van der Waals surface area contributed by atoms with E-state index in [1.54, 1.807) is 0 Å². The lowest BCUT2D eigenvalue weighted by atomic mass is 10.4. The first kappa shape index (κ1) is 15.2. The summed E-state index contributed by atoms with van der Waals surface area (Å²) in [4.78, 5) is 16.8. The molecule has 2 rings (SSSR count). The van der Waals surface area contributed by atoms with Crippen molar-refractivity contribution in [2.24, 2.45) is 0 Å². The molecule has 0 bridgehead atoms. The molecule has 1 fully saturated rings. The molecule has 0 aromatic carbocycles. The van der Waals surface area contributed by atoms with Gasteiger partial charge in [0.15, 0.2) is 0 Å². The molecule has 8 heteroatoms. The van der Waals surface area contributed by atoms with Crippen molar-refractivity contribution in [2.75, 3.05) is 62.9 Å². The largest absolute Gasteiger partial charge is 0.380 e. The highest BCUT2D eigenvalue weighted by Gasteiger charge is 2.17. The Morgan fingerprint density at radius 2 is 2.05 bits per heavy atom. The van der Waals surface area contributed by atoms with Crippen LogP contribution in [0.15, 0.2) is 0 Å². The van der Waals surface area contributed by atoms with E-state index in [1.165, 1.54) is 0 Å². The fourth-order valence-corrected chi connectivity index (χ4v) is 2.00. The summed E-state index contributed by atoms with van der Waals surface area (Å²) < 4.78 is 10.7. The van der Waals surface area contributed by atoms with Crippen molar-refractivity contribution in [3.8, 4) is 0 Å². The second-order valence-corrected chi connectivity index (χ2v) is 4.76. The summed E-state index contributed by atoms with van der Waals surface area (Å²) in [5.41, 5.74) is 0. The van der Waals surface area contributed by atoms with Gasteiger partial charge in [-0.1, -0.05) is 0 Å². The van der Waals surface area contributed by atoms with E-state index < -0.39 is 0 Å². The highest BCUT2D eigenvalue weighted by atomic mass is 35.5. The van der Waals surface area contributed by atoms with Crippen molar-refractivity contribution in [3.63, 3.8) is 0 Å². The summed E-state index contributed by atoms with van der Waals surface area (Å²) >= 11 is 6.00. The molecule has 1 saturated heterocycles. The molecule has 1 aromatic rings. The number of halogens is 1. The second-order valence-electron chi connectivity index (χ2n) is 4.42. The van der Waals surface area contributed by atoms with E-state index in [0.717, 1.165) is 13.1 Å². The van der Waals surface area contributed by atoms with E-state index in [4.69, 9.17) is 21.1 Å². The van der Waals surface area contributed by atoms with Crippen molar-refractivity contribution in [1.82, 2.24) is 15.0 Å². The van der Waals surface area contributed by atoms with Gasteiger partial charge in [0, 0.05) is 33.3 Å². The zero-order chi connectivity index (χ0) is 14.4. The Morgan fingerprint density at radius 3 is 2.75 bits per heavy atom. The first-order valence-corrected chi connectivity index (χ1v) is 7.11. The Balaban J connectivity index is 2.07. The van der Waals surface area contributed by atoms with Gasteiger partial charge >= 0.3 is 0 Å². The quantitative estimate of drug-likeness (QED) is 0.721. The minimum atomic E-state index is 0.208. The van der Waals surface area contributed by atoms with Crippen LogP contribution in [0.5, 0.6) is 0 Å². The van der Waals surface area contributed by atoms with Crippen LogP contribution in [-0.4, -0.2) is 68.1 Å². The molecular formula is C12H20ClN5O2. The van der Waals surface area contributed by atoms with Crippen LogP contribution in [0.25, 0.3) is 0 Å². The molecule has 0 unspecified atom stereocenters. The summed E-state index contributed by atoms with van der Waals surface area (Å²) in [6.07, 6.45) is 0. The molecule has 112 valence electrons. The third-order valence-corrected chi connectivity index (χ3v) is 3.16. The summed E-state index contributed by atoms with van der Waals surface area (Å²) in [6, 6.07) is 0. The van der Waals surface area contributed by atoms with Crippen LogP contribution >= 0.6 is 11.6 Å². The Bertz CT molecular complexity index is 428. The van der Waals surface area contributed by atoms with Crippen molar-refractivity contribution in [1.29, 1.82) is 0 Å². The lowest BCUT2D eigenvalue weighted by molar-refractivity contribution is 0.122. The molecule has 0 spiro atoms. The predicted octanol–water partition coefficient (Wildman–Crippen LogP) is 0.834. The van der Waals surface area contributed by atoms with Crippen LogP contribution in [0, 0.1) is 0 Å². The number of hydrogen-bond donors (Lipinski definition) is 0. The summed E-state index contributed by atoms with van der Waals surface area (Å²) in [5.74, 6) is 1.16. The van der Waals surface area contributed by atoms with Gasteiger partial charge in [-0.05, 0) is 18.5 Å². The van der Waals surface area contributed by atoms with Crippen molar-refractivity contribution in [2.45, 2.75) is 6.92 Å². The Morgan fingerprint density at radius 1 is 1.30 bits per heavy atom. The number of likely N-dealkylation sites (N-methyl/N-ethyl adjacent to an activating group) is 1. The molecule has 2 heterocycles. The van der Waals surface area contributed by atoms with Crippen LogP contribution in [0.1, 0.15) is 6.92 Å². The van der Waals surface area contributed by atoms with Crippen molar-refractivity contribution < 1.29 is 9.47 Å². The standard InChI is InChI=1S/C12H20ClN5O2/c1-3-19-7-4-17(2)11-14-10(13)15-12(16-11)18-5-8-20-9-6-18/h3-9H2,1-2H3. The SMILES string of the molecule is CCOCCN(C)c1nc(Cl)nc(N2CCOCC2)n1. The first-order chi connectivity index (χ1) is 9.70. The monoisotopic (exact) mass is 301 g/mol. The molecular weight excluding hydrogens is 282 g/mol. The number of rotatable bonds is 6. The van der Waals surface area contributed by atoms with Gasteiger partial charge in [-0.15, -0.1) is 0 Å². The zero-order valence-corrected chi connectivity index (χ0v) is 12.6. The number of anilines is 2. The molecule has 1 aliphatic heterocycles. The first-order valence-electron chi connectivity index (χ1n) is 6.74. The molecule has 0 atom stereocenters. The third kappa shape index (κ3) is 4.16. The maximum absolute atomic E-state index is 6.00. The van der Waals surface area contributed by atoms with Crippen LogP contribution < -0.4 is 9.80 Å². The van der Waals surface area contributed by atoms with Gasteiger partial charge in [0.2, 0.25) is 17.2 Å². The number of morpholine rings is 1. The number of hydrogen-bond acceptors (Lipinski definition) is 7. The van der Waals surface area contributed by atoms with E-state index >= 15 is 0 Å².